The Hall–Kier alpha value is -1.75. The predicted octanol–water partition coefficient (Wildman–Crippen LogP) is 2.68. The first kappa shape index (κ1) is 19.3. The molecule has 0 heterocycles. The molecular formula is C17H27ClN4O. The standard InChI is InChI=1S/C17H27ClN4O/c1-12(2)10-19-17(20-11-16(23)22(4)5)21-13(3)14-6-8-15(18)9-7-14/h6-9,12-13H,10-11H2,1-5H3,(H2,19,20,21). The van der Waals surface area contributed by atoms with E-state index in [0.29, 0.717) is 16.9 Å². The molecule has 6 heteroatoms. The van der Waals surface area contributed by atoms with Gasteiger partial charge in [-0.25, -0.2) is 4.99 Å². The maximum atomic E-state index is 11.7. The number of carbonyl (C=O) groups excluding carboxylic acids is 1. The van der Waals surface area contributed by atoms with E-state index in [4.69, 9.17) is 11.6 Å². The van der Waals surface area contributed by atoms with Gasteiger partial charge in [-0.15, -0.1) is 0 Å². The molecule has 23 heavy (non-hydrogen) atoms. The van der Waals surface area contributed by atoms with E-state index in [1.807, 2.05) is 31.2 Å². The van der Waals surface area contributed by atoms with Crippen LogP contribution in [-0.4, -0.2) is 44.0 Å². The third-order valence-electron chi connectivity index (χ3n) is 3.27. The highest BCUT2D eigenvalue weighted by Crippen LogP contribution is 2.15. The molecule has 1 aromatic carbocycles. The van der Waals surface area contributed by atoms with Gasteiger partial charge in [0.2, 0.25) is 5.91 Å². The van der Waals surface area contributed by atoms with Crippen molar-refractivity contribution in [3.05, 3.63) is 34.9 Å². The number of hydrogen-bond acceptors (Lipinski definition) is 2. The number of nitrogens with one attached hydrogen (secondary N) is 2. The number of carbonyl (C=O) groups is 1. The summed E-state index contributed by atoms with van der Waals surface area (Å²) in [6, 6.07) is 7.74. The fourth-order valence-electron chi connectivity index (χ4n) is 1.78. The normalized spacial score (nSPS) is 12.9. The van der Waals surface area contributed by atoms with Gasteiger partial charge in [-0.1, -0.05) is 37.6 Å². The monoisotopic (exact) mass is 338 g/mol. The van der Waals surface area contributed by atoms with Crippen LogP contribution < -0.4 is 10.6 Å². The van der Waals surface area contributed by atoms with E-state index in [1.165, 1.54) is 4.90 Å². The summed E-state index contributed by atoms with van der Waals surface area (Å²) in [6.07, 6.45) is 0. The van der Waals surface area contributed by atoms with Crippen LogP contribution in [0.4, 0.5) is 0 Å². The molecule has 1 rings (SSSR count). The van der Waals surface area contributed by atoms with Crippen LogP contribution in [0.25, 0.3) is 0 Å². The van der Waals surface area contributed by atoms with Crippen LogP contribution in [0.2, 0.25) is 5.02 Å². The molecule has 5 nitrogen and oxygen atoms in total. The zero-order valence-corrected chi connectivity index (χ0v) is 15.3. The van der Waals surface area contributed by atoms with E-state index in [2.05, 4.69) is 29.5 Å². The number of nitrogens with zero attached hydrogens (tertiary/aromatic N) is 2. The van der Waals surface area contributed by atoms with Gasteiger partial charge < -0.3 is 15.5 Å². The van der Waals surface area contributed by atoms with Crippen LogP contribution in [0.3, 0.4) is 0 Å². The van der Waals surface area contributed by atoms with Crippen molar-refractivity contribution in [1.82, 2.24) is 15.5 Å². The number of hydrogen-bond donors (Lipinski definition) is 2. The fourth-order valence-corrected chi connectivity index (χ4v) is 1.91. The average molecular weight is 339 g/mol. The van der Waals surface area contributed by atoms with Gasteiger partial charge in [0.25, 0.3) is 0 Å². The molecule has 0 bridgehead atoms. The van der Waals surface area contributed by atoms with Gasteiger partial charge in [-0.05, 0) is 30.5 Å². The molecule has 0 aliphatic carbocycles. The second-order valence-electron chi connectivity index (χ2n) is 6.15. The van der Waals surface area contributed by atoms with Crippen molar-refractivity contribution in [2.45, 2.75) is 26.8 Å². The van der Waals surface area contributed by atoms with Crippen LogP contribution in [0.1, 0.15) is 32.4 Å². The van der Waals surface area contributed by atoms with Gasteiger partial charge in [-0.2, -0.15) is 0 Å². The molecule has 1 atom stereocenters. The molecule has 128 valence electrons. The van der Waals surface area contributed by atoms with Gasteiger partial charge in [0.15, 0.2) is 5.96 Å². The summed E-state index contributed by atoms with van der Waals surface area (Å²) in [5.74, 6) is 1.09. The summed E-state index contributed by atoms with van der Waals surface area (Å²) < 4.78 is 0. The Bertz CT molecular complexity index is 526. The molecule has 0 saturated carbocycles. The number of benzene rings is 1. The lowest BCUT2D eigenvalue weighted by atomic mass is 10.1. The fraction of sp³-hybridized carbons (Fsp3) is 0.529. The van der Waals surface area contributed by atoms with Crippen LogP contribution in [-0.2, 0) is 4.79 Å². The van der Waals surface area contributed by atoms with Crippen molar-refractivity contribution >= 4 is 23.5 Å². The van der Waals surface area contributed by atoms with Crippen LogP contribution in [0, 0.1) is 5.92 Å². The summed E-state index contributed by atoms with van der Waals surface area (Å²) in [6.45, 7) is 7.20. The van der Waals surface area contributed by atoms with Gasteiger partial charge in [0, 0.05) is 25.7 Å². The summed E-state index contributed by atoms with van der Waals surface area (Å²) in [5, 5.41) is 7.31. The number of likely N-dealkylation sites (N-methyl/N-ethyl adjacent to an activating group) is 1. The summed E-state index contributed by atoms with van der Waals surface area (Å²) in [7, 11) is 3.45. The van der Waals surface area contributed by atoms with E-state index in [1.54, 1.807) is 14.1 Å². The molecule has 1 aromatic rings. The second-order valence-corrected chi connectivity index (χ2v) is 6.58. The molecule has 0 aliphatic rings. The molecular weight excluding hydrogens is 312 g/mol. The molecule has 0 spiro atoms. The Balaban J connectivity index is 2.76. The molecule has 0 aliphatic heterocycles. The Morgan fingerprint density at radius 1 is 1.22 bits per heavy atom. The maximum absolute atomic E-state index is 11.7. The van der Waals surface area contributed by atoms with Gasteiger partial charge >= 0.3 is 0 Å². The Kier molecular flexibility index (Phi) is 7.89. The molecule has 0 aromatic heterocycles. The highest BCUT2D eigenvalue weighted by Gasteiger charge is 2.10. The molecule has 0 saturated heterocycles. The highest BCUT2D eigenvalue weighted by atomic mass is 35.5. The maximum Gasteiger partial charge on any atom is 0.243 e. The van der Waals surface area contributed by atoms with Gasteiger partial charge in [-0.3, -0.25) is 4.79 Å². The van der Waals surface area contributed by atoms with Crippen molar-refractivity contribution < 1.29 is 4.79 Å². The smallest absolute Gasteiger partial charge is 0.243 e. The summed E-state index contributed by atoms with van der Waals surface area (Å²) in [4.78, 5) is 17.6. The topological polar surface area (TPSA) is 56.7 Å². The minimum Gasteiger partial charge on any atom is -0.356 e. The molecule has 1 unspecified atom stereocenters. The minimum atomic E-state index is -0.0326. The van der Waals surface area contributed by atoms with E-state index in [9.17, 15) is 4.79 Å². The van der Waals surface area contributed by atoms with Crippen LogP contribution >= 0.6 is 11.6 Å². The lowest BCUT2D eigenvalue weighted by Crippen LogP contribution is -2.41. The van der Waals surface area contributed by atoms with E-state index in [-0.39, 0.29) is 18.5 Å². The number of aliphatic imine (C=N–C) groups is 1. The average Bonchev–Trinajstić information content (AvgIpc) is 2.49. The zero-order chi connectivity index (χ0) is 17.4. The predicted molar refractivity (Wildman–Crippen MR) is 96.8 cm³/mol. The summed E-state index contributed by atoms with van der Waals surface area (Å²) >= 11 is 5.92. The second kappa shape index (κ2) is 9.40. The largest absolute Gasteiger partial charge is 0.356 e. The number of amides is 1. The highest BCUT2D eigenvalue weighted by molar-refractivity contribution is 6.30. The minimum absolute atomic E-state index is 0.0326. The van der Waals surface area contributed by atoms with Gasteiger partial charge in [0.05, 0.1) is 6.04 Å². The van der Waals surface area contributed by atoms with E-state index >= 15 is 0 Å². The third-order valence-corrected chi connectivity index (χ3v) is 3.52. The van der Waals surface area contributed by atoms with Crippen molar-refractivity contribution in [1.29, 1.82) is 0 Å². The molecule has 2 N–H and O–H groups in total. The Morgan fingerprint density at radius 3 is 2.35 bits per heavy atom. The van der Waals surface area contributed by atoms with Crippen molar-refractivity contribution in [3.8, 4) is 0 Å². The van der Waals surface area contributed by atoms with Crippen LogP contribution in [0.15, 0.2) is 29.3 Å². The van der Waals surface area contributed by atoms with E-state index in [0.717, 1.165) is 12.1 Å². The number of rotatable bonds is 6. The van der Waals surface area contributed by atoms with Crippen LogP contribution in [0.5, 0.6) is 0 Å². The SMILES string of the molecule is CC(C)CNC(=NCC(=O)N(C)C)NC(C)c1ccc(Cl)cc1. The Labute approximate surface area is 144 Å². The first-order valence-corrected chi connectivity index (χ1v) is 8.18. The molecule has 0 fully saturated rings. The first-order chi connectivity index (χ1) is 10.8. The van der Waals surface area contributed by atoms with Crippen molar-refractivity contribution in [2.24, 2.45) is 10.9 Å². The lowest BCUT2D eigenvalue weighted by Gasteiger charge is -2.20. The lowest BCUT2D eigenvalue weighted by molar-refractivity contribution is -0.127. The number of halogens is 1. The number of guanidine groups is 1. The van der Waals surface area contributed by atoms with Crippen molar-refractivity contribution in [3.63, 3.8) is 0 Å². The van der Waals surface area contributed by atoms with Crippen molar-refractivity contribution in [2.75, 3.05) is 27.2 Å². The van der Waals surface area contributed by atoms with Gasteiger partial charge in [0.1, 0.15) is 6.54 Å². The Morgan fingerprint density at radius 2 is 1.83 bits per heavy atom. The zero-order valence-electron chi connectivity index (χ0n) is 14.6. The molecule has 0 radical (unpaired) electrons. The first-order valence-electron chi connectivity index (χ1n) is 7.80. The van der Waals surface area contributed by atoms with E-state index < -0.39 is 0 Å². The third kappa shape index (κ3) is 7.37. The quantitative estimate of drug-likeness (QED) is 0.619. The molecule has 1 amide bonds. The summed E-state index contributed by atoms with van der Waals surface area (Å²) in [5.41, 5.74) is 1.10.